The van der Waals surface area contributed by atoms with Crippen molar-refractivity contribution in [2.45, 2.75) is 51.9 Å². The van der Waals surface area contributed by atoms with Crippen molar-refractivity contribution in [1.29, 1.82) is 0 Å². The summed E-state index contributed by atoms with van der Waals surface area (Å²) in [6.07, 6.45) is 3.41. The Balaban J connectivity index is 1.89. The molecule has 0 aromatic heterocycles. The second-order valence-corrected chi connectivity index (χ2v) is 6.74. The van der Waals surface area contributed by atoms with Crippen LogP contribution in [0, 0.1) is 12.8 Å². The van der Waals surface area contributed by atoms with Crippen LogP contribution in [0.4, 0.5) is 0 Å². The fraction of sp³-hybridized carbons (Fsp3) is 0.579. The number of amides is 1. The molecule has 1 heterocycles. The summed E-state index contributed by atoms with van der Waals surface area (Å²) in [6.45, 7) is 5.71. The quantitative estimate of drug-likeness (QED) is 0.872. The van der Waals surface area contributed by atoms with Gasteiger partial charge in [-0.15, -0.1) is 0 Å². The Morgan fingerprint density at radius 2 is 2.09 bits per heavy atom. The van der Waals surface area contributed by atoms with Gasteiger partial charge in [0.15, 0.2) is 0 Å². The van der Waals surface area contributed by atoms with Crippen molar-refractivity contribution in [2.75, 3.05) is 13.1 Å². The fourth-order valence-electron chi connectivity index (χ4n) is 3.50. The summed E-state index contributed by atoms with van der Waals surface area (Å²) in [5.41, 5.74) is 2.46. The predicted molar refractivity (Wildman–Crippen MR) is 90.4 cm³/mol. The zero-order valence-corrected chi connectivity index (χ0v) is 14.1. The monoisotopic (exact) mass is 317 g/mol. The van der Waals surface area contributed by atoms with Gasteiger partial charge in [0.25, 0.3) is 0 Å². The molecule has 4 nitrogen and oxygen atoms in total. The Morgan fingerprint density at radius 3 is 2.78 bits per heavy atom. The molecule has 23 heavy (non-hydrogen) atoms. The molecule has 126 valence electrons. The molecule has 2 atom stereocenters. The Kier molecular flexibility index (Phi) is 6.20. The van der Waals surface area contributed by atoms with E-state index in [2.05, 4.69) is 26.0 Å². The molecule has 0 unspecified atom stereocenters. The smallest absolute Gasteiger partial charge is 0.303 e. The van der Waals surface area contributed by atoms with Crippen LogP contribution in [0.15, 0.2) is 24.3 Å². The molecule has 1 aromatic carbocycles. The first kappa shape index (κ1) is 17.5. The molecule has 1 aromatic rings. The zero-order valence-electron chi connectivity index (χ0n) is 14.1. The second-order valence-electron chi connectivity index (χ2n) is 6.74. The van der Waals surface area contributed by atoms with Gasteiger partial charge < -0.3 is 10.0 Å². The number of hydrogen-bond donors (Lipinski definition) is 1. The minimum atomic E-state index is -0.748. The molecular formula is C19H27NO3. The molecule has 0 aliphatic carbocycles. The van der Waals surface area contributed by atoms with E-state index in [4.69, 9.17) is 5.11 Å². The minimum Gasteiger partial charge on any atom is -0.481 e. The van der Waals surface area contributed by atoms with Gasteiger partial charge in [-0.2, -0.15) is 0 Å². The van der Waals surface area contributed by atoms with Gasteiger partial charge in [-0.25, -0.2) is 0 Å². The van der Waals surface area contributed by atoms with Gasteiger partial charge in [0, 0.05) is 25.9 Å². The van der Waals surface area contributed by atoms with Crippen molar-refractivity contribution in [1.82, 2.24) is 4.90 Å². The lowest BCUT2D eigenvalue weighted by molar-refractivity contribution is -0.137. The summed E-state index contributed by atoms with van der Waals surface area (Å²) >= 11 is 0. The molecule has 0 spiro atoms. The molecule has 1 amide bonds. The Bertz CT molecular complexity index is 555. The topological polar surface area (TPSA) is 57.6 Å². The van der Waals surface area contributed by atoms with E-state index in [1.54, 1.807) is 0 Å². The van der Waals surface area contributed by atoms with Crippen LogP contribution in [-0.2, 0) is 9.59 Å². The third-order valence-electron chi connectivity index (χ3n) is 4.84. The Labute approximate surface area is 138 Å². The van der Waals surface area contributed by atoms with E-state index in [1.165, 1.54) is 11.1 Å². The highest BCUT2D eigenvalue weighted by Crippen LogP contribution is 2.26. The van der Waals surface area contributed by atoms with Crippen LogP contribution >= 0.6 is 0 Å². The Hall–Kier alpha value is -1.84. The number of carbonyl (C=O) groups is 2. The van der Waals surface area contributed by atoms with E-state index in [0.717, 1.165) is 19.4 Å². The van der Waals surface area contributed by atoms with E-state index >= 15 is 0 Å². The molecule has 1 aliphatic rings. The number of rotatable bonds is 6. The van der Waals surface area contributed by atoms with Crippen LogP contribution in [0.2, 0.25) is 0 Å². The summed E-state index contributed by atoms with van der Waals surface area (Å²) in [6, 6.07) is 8.22. The maximum absolute atomic E-state index is 12.6. The number of aliphatic carboxylic acids is 1. The van der Waals surface area contributed by atoms with Crippen molar-refractivity contribution in [3.05, 3.63) is 35.4 Å². The molecule has 2 rings (SSSR count). The normalized spacial score (nSPS) is 19.4. The zero-order chi connectivity index (χ0) is 16.8. The largest absolute Gasteiger partial charge is 0.481 e. The third kappa shape index (κ3) is 5.08. The van der Waals surface area contributed by atoms with Crippen LogP contribution in [0.5, 0.6) is 0 Å². The van der Waals surface area contributed by atoms with Gasteiger partial charge in [-0.1, -0.05) is 31.2 Å². The van der Waals surface area contributed by atoms with E-state index in [-0.39, 0.29) is 18.2 Å². The van der Waals surface area contributed by atoms with Crippen molar-refractivity contribution >= 4 is 11.9 Å². The summed E-state index contributed by atoms with van der Waals surface area (Å²) in [5.74, 6) is -0.0110. The van der Waals surface area contributed by atoms with Gasteiger partial charge >= 0.3 is 5.97 Å². The van der Waals surface area contributed by atoms with E-state index in [1.807, 2.05) is 17.0 Å². The Morgan fingerprint density at radius 1 is 1.35 bits per heavy atom. The molecule has 1 saturated heterocycles. The first-order valence-corrected chi connectivity index (χ1v) is 8.52. The lowest BCUT2D eigenvalue weighted by atomic mass is 9.91. The standard InChI is InChI=1S/C19H27NO3/c1-14-6-3-4-8-17(14)15(2)12-18(21)20-11-5-7-16(13-20)9-10-19(22)23/h3-4,6,8,15-16H,5,7,9-13H2,1-2H3,(H,22,23)/t15-,16-/m1/s1. The molecule has 0 bridgehead atoms. The van der Waals surface area contributed by atoms with E-state index in [9.17, 15) is 9.59 Å². The highest BCUT2D eigenvalue weighted by atomic mass is 16.4. The molecule has 1 fully saturated rings. The lowest BCUT2D eigenvalue weighted by Gasteiger charge is -2.33. The predicted octanol–water partition coefficient (Wildman–Crippen LogP) is 3.59. The van der Waals surface area contributed by atoms with Gasteiger partial charge in [0.05, 0.1) is 0 Å². The second kappa shape index (κ2) is 8.14. The van der Waals surface area contributed by atoms with Gasteiger partial charge in [0.1, 0.15) is 0 Å². The first-order valence-electron chi connectivity index (χ1n) is 8.52. The highest BCUT2D eigenvalue weighted by molar-refractivity contribution is 5.77. The van der Waals surface area contributed by atoms with Crippen molar-refractivity contribution in [3.8, 4) is 0 Å². The number of carboxylic acid groups (broad SMARTS) is 1. The lowest BCUT2D eigenvalue weighted by Crippen LogP contribution is -2.40. The van der Waals surface area contributed by atoms with Gasteiger partial charge in [-0.05, 0) is 49.1 Å². The number of piperidine rings is 1. The molecule has 4 heteroatoms. The van der Waals surface area contributed by atoms with Crippen molar-refractivity contribution in [2.24, 2.45) is 5.92 Å². The number of likely N-dealkylation sites (tertiary alicyclic amines) is 1. The van der Waals surface area contributed by atoms with Crippen LogP contribution < -0.4 is 0 Å². The van der Waals surface area contributed by atoms with Crippen molar-refractivity contribution < 1.29 is 14.7 Å². The molecular weight excluding hydrogens is 290 g/mol. The van der Waals surface area contributed by atoms with Crippen LogP contribution in [0.1, 0.15) is 56.1 Å². The van der Waals surface area contributed by atoms with Crippen LogP contribution in [0.25, 0.3) is 0 Å². The number of carbonyl (C=O) groups excluding carboxylic acids is 1. The van der Waals surface area contributed by atoms with Crippen molar-refractivity contribution in [3.63, 3.8) is 0 Å². The summed E-state index contributed by atoms with van der Waals surface area (Å²) in [7, 11) is 0. The summed E-state index contributed by atoms with van der Waals surface area (Å²) in [5, 5.41) is 8.81. The minimum absolute atomic E-state index is 0.195. The average Bonchev–Trinajstić information content (AvgIpc) is 2.53. The number of benzene rings is 1. The average molecular weight is 317 g/mol. The maximum atomic E-state index is 12.6. The SMILES string of the molecule is Cc1ccccc1[C@H](C)CC(=O)N1CCC[C@H](CCC(=O)O)C1. The summed E-state index contributed by atoms with van der Waals surface area (Å²) in [4.78, 5) is 25.2. The first-order chi connectivity index (χ1) is 11.0. The van der Waals surface area contributed by atoms with Crippen LogP contribution in [-0.4, -0.2) is 35.0 Å². The molecule has 1 aliphatic heterocycles. The molecule has 1 N–H and O–H groups in total. The number of nitrogens with zero attached hydrogens (tertiary/aromatic N) is 1. The highest BCUT2D eigenvalue weighted by Gasteiger charge is 2.25. The third-order valence-corrected chi connectivity index (χ3v) is 4.84. The van der Waals surface area contributed by atoms with Gasteiger partial charge in [0.2, 0.25) is 5.91 Å². The van der Waals surface area contributed by atoms with Crippen LogP contribution in [0.3, 0.4) is 0 Å². The number of carboxylic acids is 1. The fourth-order valence-corrected chi connectivity index (χ4v) is 3.50. The van der Waals surface area contributed by atoms with Gasteiger partial charge in [-0.3, -0.25) is 9.59 Å². The maximum Gasteiger partial charge on any atom is 0.303 e. The molecule has 0 radical (unpaired) electrons. The summed E-state index contributed by atoms with van der Waals surface area (Å²) < 4.78 is 0. The van der Waals surface area contributed by atoms with E-state index in [0.29, 0.717) is 25.3 Å². The number of aryl methyl sites for hydroxylation is 1. The number of hydrogen-bond acceptors (Lipinski definition) is 2. The van der Waals surface area contributed by atoms with E-state index < -0.39 is 5.97 Å². The molecule has 0 saturated carbocycles.